The van der Waals surface area contributed by atoms with Gasteiger partial charge in [0.05, 0.1) is 11.3 Å². The summed E-state index contributed by atoms with van der Waals surface area (Å²) in [5.41, 5.74) is 10.7. The first-order valence-electron chi connectivity index (χ1n) is 18.8. The Hall–Kier alpha value is -3.18. The van der Waals surface area contributed by atoms with Crippen molar-refractivity contribution in [2.45, 2.75) is 114 Å². The van der Waals surface area contributed by atoms with Crippen molar-refractivity contribution < 1.29 is 31.4 Å². The zero-order valence-corrected chi connectivity index (χ0v) is 35.5. The molecule has 0 amide bonds. The Kier molecular flexibility index (Phi) is 12.4. The number of thiophene rings is 1. The van der Waals surface area contributed by atoms with Crippen molar-refractivity contribution in [1.82, 2.24) is 9.97 Å². The van der Waals surface area contributed by atoms with Crippen LogP contribution in [0.15, 0.2) is 60.6 Å². The van der Waals surface area contributed by atoms with Crippen LogP contribution in [0.2, 0.25) is 0 Å². The van der Waals surface area contributed by atoms with E-state index in [2.05, 4.69) is 84.9 Å². The molecular formula is C45H55IrN2O2S-. The number of aromatic nitrogens is 2. The van der Waals surface area contributed by atoms with Gasteiger partial charge in [-0.15, -0.1) is 41.0 Å². The predicted molar refractivity (Wildman–Crippen MR) is 213 cm³/mol. The molecule has 1 aliphatic carbocycles. The summed E-state index contributed by atoms with van der Waals surface area (Å²) in [7, 11) is 0. The van der Waals surface area contributed by atoms with Gasteiger partial charge in [0.25, 0.3) is 0 Å². The van der Waals surface area contributed by atoms with Gasteiger partial charge in [0, 0.05) is 65.6 Å². The molecule has 1 N–H and O–H groups in total. The maximum absolute atomic E-state index is 11.7. The fourth-order valence-electron chi connectivity index (χ4n) is 7.33. The summed E-state index contributed by atoms with van der Waals surface area (Å²) in [5.74, 6) is 0.547. The fraction of sp³-hybridized carbons (Fsp3) is 0.444. The predicted octanol–water partition coefficient (Wildman–Crippen LogP) is 12.7. The van der Waals surface area contributed by atoms with Crippen LogP contribution in [0.3, 0.4) is 0 Å². The maximum atomic E-state index is 11.7. The first-order valence-corrected chi connectivity index (χ1v) is 19.2. The van der Waals surface area contributed by atoms with Crippen LogP contribution in [0.1, 0.15) is 117 Å². The number of nitrogens with zero attached hydrogens (tertiary/aromatic N) is 2. The van der Waals surface area contributed by atoms with Crippen LogP contribution in [0.25, 0.3) is 42.7 Å². The quantitative estimate of drug-likeness (QED) is 0.0910. The van der Waals surface area contributed by atoms with Crippen LogP contribution >= 0.6 is 11.3 Å². The van der Waals surface area contributed by atoms with E-state index >= 15 is 0 Å². The molecule has 6 heteroatoms. The molecule has 0 unspecified atom stereocenters. The van der Waals surface area contributed by atoms with Crippen LogP contribution in [-0.4, -0.2) is 20.9 Å². The Bertz CT molecular complexity index is 2120. The number of ketones is 1. The van der Waals surface area contributed by atoms with Gasteiger partial charge in [-0.2, -0.15) is 0 Å². The van der Waals surface area contributed by atoms with E-state index in [0.717, 1.165) is 64.4 Å². The summed E-state index contributed by atoms with van der Waals surface area (Å²) >= 11 is 1.79. The smallest absolute Gasteiger partial charge is 0.162 e. The average molecular weight is 881 g/mol. The van der Waals surface area contributed by atoms with Gasteiger partial charge in [-0.05, 0) is 68.1 Å². The van der Waals surface area contributed by atoms with Gasteiger partial charge in [0.2, 0.25) is 0 Å². The Balaban J connectivity index is 0.000000323. The van der Waals surface area contributed by atoms with E-state index in [1.165, 1.54) is 44.3 Å². The number of fused-ring (bicyclic) bond motifs is 6. The summed E-state index contributed by atoms with van der Waals surface area (Å²) in [6.07, 6.45) is 7.63. The van der Waals surface area contributed by atoms with Crippen molar-refractivity contribution in [3.63, 3.8) is 0 Å². The molecule has 2 heterocycles. The summed E-state index contributed by atoms with van der Waals surface area (Å²) < 4.78 is 9.80. The normalized spacial score (nSPS) is 13.9. The summed E-state index contributed by atoms with van der Waals surface area (Å²) in [5, 5.41) is 11.7. The molecule has 0 saturated carbocycles. The van der Waals surface area contributed by atoms with E-state index in [0.29, 0.717) is 6.04 Å². The van der Waals surface area contributed by atoms with Gasteiger partial charge in [0.15, 0.2) is 5.78 Å². The first-order chi connectivity index (χ1) is 24.0. The van der Waals surface area contributed by atoms with Gasteiger partial charge in [-0.25, -0.2) is 4.98 Å². The minimum atomic E-state index is -0.128. The largest absolute Gasteiger partial charge is 0.512 e. The number of rotatable bonds is 9. The minimum Gasteiger partial charge on any atom is -0.512 e. The number of allylic oxidation sites excluding steroid dienone is 2. The van der Waals surface area contributed by atoms with Crippen molar-refractivity contribution in [1.29, 1.82) is 0 Å². The van der Waals surface area contributed by atoms with Gasteiger partial charge >= 0.3 is 0 Å². The SMILES string of the molecule is CCC(CC)C(=O)/C=C(\O)C(CC)CC.[2H]c1cc(-c2ncnc3c4c(sc23)-c2cc(CC(C)(C)C)ccc2C4(C)C)[c-]c2cc(C)c(C)cc12.[Ir]. The molecule has 4 nitrogen and oxygen atoms in total. The molecule has 0 spiro atoms. The summed E-state index contributed by atoms with van der Waals surface area (Å²) in [6.45, 7) is 23.8. The molecule has 0 aliphatic heterocycles. The number of aliphatic hydroxyl groups excluding tert-OH is 1. The van der Waals surface area contributed by atoms with Crippen molar-refractivity contribution in [3.05, 3.63) is 94.5 Å². The molecule has 273 valence electrons. The number of aliphatic hydroxyl groups is 1. The van der Waals surface area contributed by atoms with Crippen LogP contribution in [-0.2, 0) is 36.7 Å². The third-order valence-corrected chi connectivity index (χ3v) is 11.7. The second-order valence-corrected chi connectivity index (χ2v) is 16.8. The Morgan fingerprint density at radius 2 is 1.63 bits per heavy atom. The van der Waals surface area contributed by atoms with Crippen molar-refractivity contribution >= 4 is 38.1 Å². The number of aryl methyl sites for hydroxylation is 2. The molecule has 1 radical (unpaired) electrons. The molecule has 51 heavy (non-hydrogen) atoms. The molecule has 3 aromatic carbocycles. The molecular weight excluding hydrogens is 825 g/mol. The molecule has 2 aromatic heterocycles. The molecule has 0 bridgehead atoms. The molecule has 5 aromatic rings. The summed E-state index contributed by atoms with van der Waals surface area (Å²) in [6, 6.07) is 17.2. The van der Waals surface area contributed by atoms with Crippen LogP contribution in [0.4, 0.5) is 0 Å². The number of carbonyl (C=O) groups excluding carboxylic acids is 1. The average Bonchev–Trinajstić information content (AvgIpc) is 3.56. The van der Waals surface area contributed by atoms with Crippen molar-refractivity contribution in [2.24, 2.45) is 17.3 Å². The van der Waals surface area contributed by atoms with Gasteiger partial charge in [-0.3, -0.25) is 9.78 Å². The summed E-state index contributed by atoms with van der Waals surface area (Å²) in [4.78, 5) is 22.6. The van der Waals surface area contributed by atoms with Crippen molar-refractivity contribution in [3.8, 4) is 21.7 Å². The zero-order chi connectivity index (χ0) is 37.4. The van der Waals surface area contributed by atoms with E-state index < -0.39 is 0 Å². The molecule has 0 atom stereocenters. The maximum Gasteiger partial charge on any atom is 0.162 e. The van der Waals surface area contributed by atoms with Crippen LogP contribution in [0, 0.1) is 37.2 Å². The van der Waals surface area contributed by atoms with Crippen LogP contribution in [0.5, 0.6) is 0 Å². The monoisotopic (exact) mass is 881 g/mol. The molecule has 0 fully saturated rings. The molecule has 0 saturated heterocycles. The third-order valence-electron chi connectivity index (χ3n) is 10.4. The number of hydrogen-bond acceptors (Lipinski definition) is 5. The second-order valence-electron chi connectivity index (χ2n) is 15.8. The molecule has 1 aliphatic rings. The molecule has 6 rings (SSSR count). The fourth-order valence-corrected chi connectivity index (χ4v) is 8.78. The Morgan fingerprint density at radius 1 is 0.980 bits per heavy atom. The van der Waals surface area contributed by atoms with Gasteiger partial charge < -0.3 is 5.11 Å². The topological polar surface area (TPSA) is 63.1 Å². The van der Waals surface area contributed by atoms with Gasteiger partial charge in [0.1, 0.15) is 6.33 Å². The Labute approximate surface area is 325 Å². The van der Waals surface area contributed by atoms with E-state index in [1.54, 1.807) is 17.7 Å². The zero-order valence-electron chi connectivity index (χ0n) is 33.3. The first kappa shape index (κ1) is 39.0. The van der Waals surface area contributed by atoms with E-state index in [9.17, 15) is 9.90 Å². The van der Waals surface area contributed by atoms with E-state index in [4.69, 9.17) is 11.3 Å². The Morgan fingerprint density at radius 3 is 2.25 bits per heavy atom. The van der Waals surface area contributed by atoms with Crippen molar-refractivity contribution in [2.75, 3.05) is 0 Å². The number of carbonyl (C=O) groups is 1. The number of hydrogen-bond donors (Lipinski definition) is 1. The van der Waals surface area contributed by atoms with Gasteiger partial charge in [-0.1, -0.05) is 109 Å². The van der Waals surface area contributed by atoms with E-state index in [-0.39, 0.29) is 54.3 Å². The number of benzene rings is 3. The second kappa shape index (κ2) is 16.2. The van der Waals surface area contributed by atoms with E-state index in [1.807, 2.05) is 33.8 Å². The van der Waals surface area contributed by atoms with Crippen LogP contribution < -0.4 is 0 Å². The minimum absolute atomic E-state index is 0. The third kappa shape index (κ3) is 8.40. The standard InChI is InChI=1S/C32H31N2S.C13H24O2.Ir/c1-18-12-21-9-10-22(15-23(21)13-19(18)2)27-30-28(34-17-33-27)26-29(35-30)24-14-20(16-31(3,4)5)8-11-25(24)32(26,6)7;1-5-10(6-2)12(14)9-13(15)11(7-3)8-4;/h8-14,17H,16H2,1-7H3;9-11,14H,5-8H2,1-4H3;/q-1;;/b;12-9-;/i9D;;.